The second-order valence-electron chi connectivity index (χ2n) is 4.91. The molecule has 1 unspecified atom stereocenters. The number of hydrogen-bond donors (Lipinski definition) is 1. The number of rotatable bonds is 4. The van der Waals surface area contributed by atoms with Gasteiger partial charge in [-0.25, -0.2) is 0 Å². The maximum absolute atomic E-state index is 9.40. The molecule has 100 valence electrons. The predicted octanol–water partition coefficient (Wildman–Crippen LogP) is 4.29. The SMILES string of the molecule is CCC(c1ccc(O)cc1)N(C)c1ccccc1C. The zero-order chi connectivity index (χ0) is 13.8. The summed E-state index contributed by atoms with van der Waals surface area (Å²) in [7, 11) is 2.13. The van der Waals surface area contributed by atoms with Crippen molar-refractivity contribution in [1.82, 2.24) is 0 Å². The first kappa shape index (κ1) is 13.5. The Hall–Kier alpha value is -1.96. The van der Waals surface area contributed by atoms with Crippen LogP contribution in [0.5, 0.6) is 5.75 Å². The number of aromatic hydroxyl groups is 1. The molecular formula is C17H21NO. The van der Waals surface area contributed by atoms with Crippen molar-refractivity contribution in [3.63, 3.8) is 0 Å². The highest BCUT2D eigenvalue weighted by atomic mass is 16.3. The van der Waals surface area contributed by atoms with E-state index in [1.165, 1.54) is 16.8 Å². The Kier molecular flexibility index (Phi) is 4.10. The fourth-order valence-corrected chi connectivity index (χ4v) is 2.56. The molecule has 2 heteroatoms. The van der Waals surface area contributed by atoms with E-state index in [2.05, 4.69) is 50.1 Å². The minimum absolute atomic E-state index is 0.317. The first-order chi connectivity index (χ1) is 9.13. The van der Waals surface area contributed by atoms with Gasteiger partial charge in [0.1, 0.15) is 5.75 Å². The van der Waals surface area contributed by atoms with E-state index in [1.807, 2.05) is 12.1 Å². The van der Waals surface area contributed by atoms with Gasteiger partial charge in [0.2, 0.25) is 0 Å². The Labute approximate surface area is 115 Å². The molecule has 0 spiro atoms. The van der Waals surface area contributed by atoms with Crippen molar-refractivity contribution in [3.05, 3.63) is 59.7 Å². The van der Waals surface area contributed by atoms with Gasteiger partial charge in [-0.3, -0.25) is 0 Å². The fourth-order valence-electron chi connectivity index (χ4n) is 2.56. The molecule has 0 aromatic heterocycles. The van der Waals surface area contributed by atoms with Crippen LogP contribution in [-0.2, 0) is 0 Å². The van der Waals surface area contributed by atoms with Gasteiger partial charge in [0.25, 0.3) is 0 Å². The lowest BCUT2D eigenvalue weighted by atomic mass is 10.0. The van der Waals surface area contributed by atoms with Crippen LogP contribution in [0.1, 0.15) is 30.5 Å². The summed E-state index contributed by atoms with van der Waals surface area (Å²) in [5, 5.41) is 9.40. The van der Waals surface area contributed by atoms with Crippen molar-refractivity contribution in [2.75, 3.05) is 11.9 Å². The minimum atomic E-state index is 0.317. The molecule has 19 heavy (non-hydrogen) atoms. The molecule has 0 bridgehead atoms. The van der Waals surface area contributed by atoms with Crippen LogP contribution in [0, 0.1) is 6.92 Å². The Morgan fingerprint density at radius 2 is 1.68 bits per heavy atom. The molecule has 0 aliphatic carbocycles. The van der Waals surface area contributed by atoms with E-state index >= 15 is 0 Å². The van der Waals surface area contributed by atoms with Gasteiger partial charge < -0.3 is 10.0 Å². The maximum atomic E-state index is 9.40. The van der Waals surface area contributed by atoms with Crippen molar-refractivity contribution in [2.45, 2.75) is 26.3 Å². The van der Waals surface area contributed by atoms with Crippen molar-refractivity contribution >= 4 is 5.69 Å². The van der Waals surface area contributed by atoms with Gasteiger partial charge in [0, 0.05) is 12.7 Å². The molecule has 0 heterocycles. The Balaban J connectivity index is 2.32. The molecular weight excluding hydrogens is 234 g/mol. The van der Waals surface area contributed by atoms with E-state index in [4.69, 9.17) is 0 Å². The van der Waals surface area contributed by atoms with Crippen molar-refractivity contribution < 1.29 is 5.11 Å². The highest BCUT2D eigenvalue weighted by Gasteiger charge is 2.16. The minimum Gasteiger partial charge on any atom is -0.508 e. The number of hydrogen-bond acceptors (Lipinski definition) is 2. The highest BCUT2D eigenvalue weighted by Crippen LogP contribution is 2.30. The smallest absolute Gasteiger partial charge is 0.115 e. The van der Waals surface area contributed by atoms with Gasteiger partial charge in [-0.2, -0.15) is 0 Å². The summed E-state index contributed by atoms with van der Waals surface area (Å²) in [4.78, 5) is 2.31. The third kappa shape index (κ3) is 2.90. The van der Waals surface area contributed by atoms with Crippen LogP contribution in [0.2, 0.25) is 0 Å². The van der Waals surface area contributed by atoms with Crippen molar-refractivity contribution in [2.24, 2.45) is 0 Å². The molecule has 0 fully saturated rings. The number of anilines is 1. The summed E-state index contributed by atoms with van der Waals surface area (Å²) in [6, 6.07) is 16.2. The van der Waals surface area contributed by atoms with E-state index in [9.17, 15) is 5.11 Å². The third-order valence-electron chi connectivity index (χ3n) is 3.63. The molecule has 0 saturated heterocycles. The monoisotopic (exact) mass is 255 g/mol. The average Bonchev–Trinajstić information content (AvgIpc) is 2.42. The molecule has 0 aliphatic heterocycles. The third-order valence-corrected chi connectivity index (χ3v) is 3.63. The number of phenols is 1. The topological polar surface area (TPSA) is 23.5 Å². The Morgan fingerprint density at radius 3 is 2.26 bits per heavy atom. The van der Waals surface area contributed by atoms with Crippen molar-refractivity contribution in [1.29, 1.82) is 0 Å². The lowest BCUT2D eigenvalue weighted by Gasteiger charge is -2.31. The number of nitrogens with zero attached hydrogens (tertiary/aromatic N) is 1. The van der Waals surface area contributed by atoms with Crippen LogP contribution < -0.4 is 4.90 Å². The molecule has 1 N–H and O–H groups in total. The van der Waals surface area contributed by atoms with Gasteiger partial charge in [-0.1, -0.05) is 37.3 Å². The van der Waals surface area contributed by atoms with E-state index in [0.29, 0.717) is 11.8 Å². The molecule has 0 radical (unpaired) electrons. The van der Waals surface area contributed by atoms with Gasteiger partial charge in [0.05, 0.1) is 6.04 Å². The zero-order valence-electron chi connectivity index (χ0n) is 11.8. The van der Waals surface area contributed by atoms with Crippen LogP contribution in [0.25, 0.3) is 0 Å². The summed E-state index contributed by atoms with van der Waals surface area (Å²) in [6.45, 7) is 4.32. The van der Waals surface area contributed by atoms with E-state index < -0.39 is 0 Å². The lowest BCUT2D eigenvalue weighted by Crippen LogP contribution is -2.24. The van der Waals surface area contributed by atoms with Crippen LogP contribution in [-0.4, -0.2) is 12.2 Å². The van der Waals surface area contributed by atoms with Gasteiger partial charge in [0.15, 0.2) is 0 Å². The molecule has 0 saturated carbocycles. The van der Waals surface area contributed by atoms with Crippen LogP contribution >= 0.6 is 0 Å². The van der Waals surface area contributed by atoms with Gasteiger partial charge in [-0.05, 0) is 42.7 Å². The summed E-state index contributed by atoms with van der Waals surface area (Å²) in [6.07, 6.45) is 1.02. The van der Waals surface area contributed by atoms with E-state index in [0.717, 1.165) is 6.42 Å². The van der Waals surface area contributed by atoms with Gasteiger partial charge >= 0.3 is 0 Å². The fraction of sp³-hybridized carbons (Fsp3) is 0.294. The van der Waals surface area contributed by atoms with E-state index in [1.54, 1.807) is 12.1 Å². The number of benzene rings is 2. The highest BCUT2D eigenvalue weighted by molar-refractivity contribution is 5.54. The standard InChI is InChI=1S/C17H21NO/c1-4-16(14-9-11-15(19)12-10-14)18(3)17-8-6-5-7-13(17)2/h5-12,16,19H,4H2,1-3H3. The molecule has 0 amide bonds. The Morgan fingerprint density at radius 1 is 1.05 bits per heavy atom. The van der Waals surface area contributed by atoms with Gasteiger partial charge in [-0.15, -0.1) is 0 Å². The molecule has 1 atom stereocenters. The predicted molar refractivity (Wildman–Crippen MR) is 80.7 cm³/mol. The Bertz CT molecular complexity index is 533. The summed E-state index contributed by atoms with van der Waals surface area (Å²) < 4.78 is 0. The number of para-hydroxylation sites is 1. The van der Waals surface area contributed by atoms with Crippen LogP contribution in [0.4, 0.5) is 5.69 Å². The zero-order valence-corrected chi connectivity index (χ0v) is 11.8. The van der Waals surface area contributed by atoms with Crippen LogP contribution in [0.3, 0.4) is 0 Å². The molecule has 0 aliphatic rings. The molecule has 2 nitrogen and oxygen atoms in total. The van der Waals surface area contributed by atoms with Crippen molar-refractivity contribution in [3.8, 4) is 5.75 Å². The lowest BCUT2D eigenvalue weighted by molar-refractivity contribution is 0.474. The van der Waals surface area contributed by atoms with Crippen LogP contribution in [0.15, 0.2) is 48.5 Å². The second-order valence-corrected chi connectivity index (χ2v) is 4.91. The summed E-state index contributed by atoms with van der Waals surface area (Å²) in [5.41, 5.74) is 3.76. The van der Waals surface area contributed by atoms with E-state index in [-0.39, 0.29) is 0 Å². The number of phenolic OH excluding ortho intramolecular Hbond substituents is 1. The summed E-state index contributed by atoms with van der Waals surface area (Å²) in [5.74, 6) is 0.317. The molecule has 2 aromatic carbocycles. The quantitative estimate of drug-likeness (QED) is 0.881. The molecule has 2 rings (SSSR count). The maximum Gasteiger partial charge on any atom is 0.115 e. The summed E-state index contributed by atoms with van der Waals surface area (Å²) >= 11 is 0. The second kappa shape index (κ2) is 5.79. The number of aryl methyl sites for hydroxylation is 1. The first-order valence-corrected chi connectivity index (χ1v) is 6.71. The largest absolute Gasteiger partial charge is 0.508 e. The first-order valence-electron chi connectivity index (χ1n) is 6.71. The normalized spacial score (nSPS) is 12.2. The molecule has 2 aromatic rings. The average molecular weight is 255 g/mol.